The van der Waals surface area contributed by atoms with E-state index >= 15 is 0 Å². The van der Waals surface area contributed by atoms with Crippen LogP contribution in [0.1, 0.15) is 4.88 Å². The molecule has 0 saturated heterocycles. The Morgan fingerprint density at radius 1 is 1.40 bits per heavy atom. The van der Waals surface area contributed by atoms with Crippen molar-refractivity contribution < 1.29 is 0 Å². The summed E-state index contributed by atoms with van der Waals surface area (Å²) in [5.41, 5.74) is 0.837. The highest BCUT2D eigenvalue weighted by Gasteiger charge is 2.00. The maximum Gasteiger partial charge on any atom is 0.0718 e. The van der Waals surface area contributed by atoms with Crippen LogP contribution in [0.5, 0.6) is 0 Å². The third-order valence-corrected chi connectivity index (χ3v) is 3.46. The van der Waals surface area contributed by atoms with E-state index in [-0.39, 0.29) is 0 Å². The van der Waals surface area contributed by atoms with E-state index in [1.807, 2.05) is 11.4 Å². The molecule has 0 amide bonds. The first-order valence-electron chi connectivity index (χ1n) is 4.32. The fraction of sp³-hybridized carbons (Fsp3) is 0.100. The summed E-state index contributed by atoms with van der Waals surface area (Å²) in [6.07, 6.45) is 3.37. The number of hydrogen-bond acceptors (Lipinski definition) is 3. The maximum atomic E-state index is 5.97. The first-order chi connectivity index (χ1) is 7.25. The number of aromatic nitrogens is 1. The zero-order valence-corrected chi connectivity index (χ0v) is 10.0. The van der Waals surface area contributed by atoms with Gasteiger partial charge in [0.1, 0.15) is 0 Å². The zero-order valence-electron chi connectivity index (χ0n) is 7.71. The van der Waals surface area contributed by atoms with Crippen molar-refractivity contribution in [3.63, 3.8) is 0 Å². The molecule has 78 valence electrons. The third-order valence-electron chi connectivity index (χ3n) is 1.84. The number of rotatable bonds is 3. The third kappa shape index (κ3) is 2.84. The van der Waals surface area contributed by atoms with E-state index in [0.29, 0.717) is 11.6 Å². The van der Waals surface area contributed by atoms with Gasteiger partial charge < -0.3 is 5.32 Å². The summed E-state index contributed by atoms with van der Waals surface area (Å²) >= 11 is 13.4. The van der Waals surface area contributed by atoms with Gasteiger partial charge in [-0.1, -0.05) is 23.2 Å². The van der Waals surface area contributed by atoms with Crippen LogP contribution in [0.15, 0.2) is 29.9 Å². The van der Waals surface area contributed by atoms with Crippen LogP contribution >= 0.6 is 34.5 Å². The van der Waals surface area contributed by atoms with Crippen molar-refractivity contribution in [2.24, 2.45) is 0 Å². The van der Waals surface area contributed by atoms with Crippen molar-refractivity contribution in [1.82, 2.24) is 4.98 Å². The molecule has 0 radical (unpaired) electrons. The number of halogens is 2. The molecule has 15 heavy (non-hydrogen) atoms. The number of anilines is 1. The Bertz CT molecular complexity index is 456. The first kappa shape index (κ1) is 10.7. The minimum Gasteiger partial charge on any atom is -0.378 e. The zero-order chi connectivity index (χ0) is 10.7. The van der Waals surface area contributed by atoms with Gasteiger partial charge in [-0.05, 0) is 12.1 Å². The molecular weight excluding hydrogens is 251 g/mol. The Kier molecular flexibility index (Phi) is 3.46. The van der Waals surface area contributed by atoms with Gasteiger partial charge in [0, 0.05) is 23.0 Å². The van der Waals surface area contributed by atoms with Gasteiger partial charge in [0.2, 0.25) is 0 Å². The highest BCUT2D eigenvalue weighted by molar-refractivity contribution is 7.10. The van der Waals surface area contributed by atoms with E-state index in [1.54, 1.807) is 29.8 Å². The smallest absolute Gasteiger partial charge is 0.0718 e. The molecular formula is C10H8Cl2N2S. The van der Waals surface area contributed by atoms with Crippen molar-refractivity contribution >= 4 is 40.2 Å². The standard InChI is InChI=1S/C10H8Cl2N2S/c11-7-3-8(15-6-7)4-14-10-5-13-2-1-9(10)12/h1-3,5-6,14H,4H2. The molecule has 2 aromatic heterocycles. The SMILES string of the molecule is Clc1csc(CNc2cnccc2Cl)c1. The lowest BCUT2D eigenvalue weighted by molar-refractivity contribution is 1.17. The summed E-state index contributed by atoms with van der Waals surface area (Å²) in [5.74, 6) is 0. The van der Waals surface area contributed by atoms with Gasteiger partial charge in [-0.2, -0.15) is 0 Å². The monoisotopic (exact) mass is 258 g/mol. The fourth-order valence-electron chi connectivity index (χ4n) is 1.14. The molecule has 0 bridgehead atoms. The predicted molar refractivity (Wildman–Crippen MR) is 65.9 cm³/mol. The minimum atomic E-state index is 0.674. The second-order valence-corrected chi connectivity index (χ2v) is 4.78. The normalized spacial score (nSPS) is 10.3. The quantitative estimate of drug-likeness (QED) is 0.898. The Labute approximate surface area is 102 Å². The molecule has 0 saturated carbocycles. The number of pyridine rings is 1. The highest BCUT2D eigenvalue weighted by Crippen LogP contribution is 2.23. The molecule has 0 aliphatic heterocycles. The Balaban J connectivity index is 2.02. The van der Waals surface area contributed by atoms with Crippen LogP contribution in [-0.2, 0) is 6.54 Å². The van der Waals surface area contributed by atoms with E-state index in [4.69, 9.17) is 23.2 Å². The molecule has 2 rings (SSSR count). The maximum absolute atomic E-state index is 5.97. The number of hydrogen-bond donors (Lipinski definition) is 1. The van der Waals surface area contributed by atoms with Gasteiger partial charge in [-0.15, -0.1) is 11.3 Å². The Morgan fingerprint density at radius 2 is 2.27 bits per heavy atom. The van der Waals surface area contributed by atoms with Crippen LogP contribution < -0.4 is 5.32 Å². The van der Waals surface area contributed by atoms with Crippen LogP contribution in [0, 0.1) is 0 Å². The van der Waals surface area contributed by atoms with Gasteiger partial charge in [0.05, 0.1) is 21.9 Å². The fourth-order valence-corrected chi connectivity index (χ4v) is 2.32. The van der Waals surface area contributed by atoms with Gasteiger partial charge in [0.15, 0.2) is 0 Å². The average Bonchev–Trinajstić information content (AvgIpc) is 2.63. The lowest BCUT2D eigenvalue weighted by atomic mass is 10.4. The van der Waals surface area contributed by atoms with E-state index < -0.39 is 0 Å². The summed E-state index contributed by atoms with van der Waals surface area (Å²) in [6, 6.07) is 3.69. The molecule has 2 aromatic rings. The summed E-state index contributed by atoms with van der Waals surface area (Å²) in [7, 11) is 0. The van der Waals surface area contributed by atoms with Gasteiger partial charge in [-0.3, -0.25) is 4.98 Å². The number of nitrogens with one attached hydrogen (secondary N) is 1. The summed E-state index contributed by atoms with van der Waals surface area (Å²) in [4.78, 5) is 5.16. The second kappa shape index (κ2) is 4.84. The molecule has 2 heterocycles. The second-order valence-electron chi connectivity index (χ2n) is 2.94. The molecule has 0 aliphatic rings. The lowest BCUT2D eigenvalue weighted by Crippen LogP contribution is -1.98. The minimum absolute atomic E-state index is 0.674. The molecule has 0 spiro atoms. The van der Waals surface area contributed by atoms with E-state index in [1.165, 1.54) is 4.88 Å². The molecule has 2 nitrogen and oxygen atoms in total. The highest BCUT2D eigenvalue weighted by atomic mass is 35.5. The van der Waals surface area contributed by atoms with Crippen molar-refractivity contribution in [3.05, 3.63) is 44.8 Å². The van der Waals surface area contributed by atoms with E-state index in [9.17, 15) is 0 Å². The molecule has 0 aromatic carbocycles. The van der Waals surface area contributed by atoms with Crippen LogP contribution in [-0.4, -0.2) is 4.98 Å². The van der Waals surface area contributed by atoms with Crippen LogP contribution in [0.4, 0.5) is 5.69 Å². The molecule has 0 unspecified atom stereocenters. The van der Waals surface area contributed by atoms with Gasteiger partial charge >= 0.3 is 0 Å². The molecule has 0 fully saturated rings. The van der Waals surface area contributed by atoms with Gasteiger partial charge in [0.25, 0.3) is 0 Å². The topological polar surface area (TPSA) is 24.9 Å². The average molecular weight is 259 g/mol. The molecule has 0 aliphatic carbocycles. The van der Waals surface area contributed by atoms with E-state index in [2.05, 4.69) is 10.3 Å². The first-order valence-corrected chi connectivity index (χ1v) is 5.95. The Hall–Kier alpha value is -0.770. The van der Waals surface area contributed by atoms with Crippen molar-refractivity contribution in [3.8, 4) is 0 Å². The number of nitrogens with zero attached hydrogens (tertiary/aromatic N) is 1. The summed E-state index contributed by atoms with van der Waals surface area (Å²) in [5, 5.41) is 6.55. The summed E-state index contributed by atoms with van der Waals surface area (Å²) in [6.45, 7) is 0.711. The van der Waals surface area contributed by atoms with Crippen molar-refractivity contribution in [2.75, 3.05) is 5.32 Å². The van der Waals surface area contributed by atoms with Crippen LogP contribution in [0.2, 0.25) is 10.0 Å². The molecule has 5 heteroatoms. The predicted octanol–water partition coefficient (Wildman–Crippen LogP) is 4.06. The van der Waals surface area contributed by atoms with Crippen molar-refractivity contribution in [2.45, 2.75) is 6.54 Å². The summed E-state index contributed by atoms with van der Waals surface area (Å²) < 4.78 is 0. The van der Waals surface area contributed by atoms with Gasteiger partial charge in [-0.25, -0.2) is 0 Å². The van der Waals surface area contributed by atoms with Crippen LogP contribution in [0.25, 0.3) is 0 Å². The number of thiophene rings is 1. The lowest BCUT2D eigenvalue weighted by Gasteiger charge is -2.05. The van der Waals surface area contributed by atoms with Crippen molar-refractivity contribution in [1.29, 1.82) is 0 Å². The van der Waals surface area contributed by atoms with E-state index in [0.717, 1.165) is 10.7 Å². The Morgan fingerprint density at radius 3 is 2.93 bits per heavy atom. The molecule has 0 atom stereocenters. The van der Waals surface area contributed by atoms with Crippen LogP contribution in [0.3, 0.4) is 0 Å². The molecule has 1 N–H and O–H groups in total. The largest absolute Gasteiger partial charge is 0.378 e.